The minimum atomic E-state index is -1.47. The fourth-order valence-electron chi connectivity index (χ4n) is 4.05. The first-order chi connectivity index (χ1) is 17.9. The van der Waals surface area contributed by atoms with Gasteiger partial charge in [0.25, 0.3) is 11.8 Å². The second-order valence-corrected chi connectivity index (χ2v) is 9.93. The predicted molar refractivity (Wildman–Crippen MR) is 129 cm³/mol. The largest absolute Gasteiger partial charge is 0.543 e. The van der Waals surface area contributed by atoms with Gasteiger partial charge in [0.1, 0.15) is 24.2 Å². The van der Waals surface area contributed by atoms with E-state index in [4.69, 9.17) is 15.1 Å². The van der Waals surface area contributed by atoms with Crippen LogP contribution in [0.25, 0.3) is 11.3 Å². The molecule has 1 fully saturated rings. The van der Waals surface area contributed by atoms with Gasteiger partial charge in [-0.25, -0.2) is 9.55 Å². The van der Waals surface area contributed by atoms with Gasteiger partial charge >= 0.3 is 0 Å². The molecule has 0 saturated carbocycles. The first-order valence-electron chi connectivity index (χ1n) is 10.8. The summed E-state index contributed by atoms with van der Waals surface area (Å²) in [7, 11) is 1.27. The van der Waals surface area contributed by atoms with Crippen LogP contribution in [0, 0.1) is 0 Å². The number of nitrogens with zero attached hydrogens (tertiary/aromatic N) is 5. The van der Waals surface area contributed by atoms with Crippen molar-refractivity contribution in [2.75, 3.05) is 18.6 Å². The van der Waals surface area contributed by atoms with Crippen molar-refractivity contribution in [2.24, 2.45) is 5.16 Å². The van der Waals surface area contributed by atoms with E-state index in [1.165, 1.54) is 30.4 Å². The normalized spacial score (nSPS) is 19.3. The topological polar surface area (TPSA) is 180 Å². The third-order valence-corrected chi connectivity index (χ3v) is 7.66. The van der Waals surface area contributed by atoms with Gasteiger partial charge in [-0.3, -0.25) is 14.5 Å². The number of carbonyl (C=O) groups excluding carboxylic acids is 3. The molecule has 3 N–H and O–H groups in total. The highest BCUT2D eigenvalue weighted by Gasteiger charge is 2.53. The number of carboxylic acids is 1. The number of aliphatic carboxylic acids is 1. The van der Waals surface area contributed by atoms with Crippen molar-refractivity contribution >= 4 is 51.7 Å². The summed E-state index contributed by atoms with van der Waals surface area (Å²) < 4.78 is 6.97. The van der Waals surface area contributed by atoms with Crippen LogP contribution in [0.4, 0.5) is 5.13 Å². The van der Waals surface area contributed by atoms with E-state index in [-0.39, 0.29) is 28.8 Å². The van der Waals surface area contributed by atoms with E-state index in [1.54, 1.807) is 29.1 Å². The van der Waals surface area contributed by atoms with Crippen LogP contribution in [-0.2, 0) is 25.8 Å². The number of thioether (sulfide) groups is 1. The summed E-state index contributed by atoms with van der Waals surface area (Å²) in [6.45, 7) is 0.210. The number of rotatable bonds is 8. The van der Waals surface area contributed by atoms with Gasteiger partial charge in [-0.05, 0) is 6.07 Å². The Balaban J connectivity index is 1.35. The standard InChI is InChI=1S/C22H19N7O6S2/c1-34-27-15(13-10-37-22(23)25-13)18(30)26-16-19(31)29-17(21(32)33)12(9-36-20(16)29)8-28-6-2-3-11(7-28)14-4-5-24-35-14/h2-7,10,16,20H,8-9H2,1H3,(H3-,23,25,26,30,32,33)/b27-15-/t16-,20+/m1/s1. The number of oxime groups is 1. The zero-order valence-electron chi connectivity index (χ0n) is 19.2. The van der Waals surface area contributed by atoms with Gasteiger partial charge in [0.05, 0.1) is 23.4 Å². The molecule has 0 radical (unpaired) electrons. The minimum absolute atomic E-state index is 0.151. The SMILES string of the molecule is CO/N=C(\C(=O)N[C@@H]1C(=O)N2C(C(=O)[O-])=C(C[n+]3cccc(-c4ccno4)c3)CS[C@@H]12)c1csc(N)n1. The van der Waals surface area contributed by atoms with Gasteiger partial charge in [0, 0.05) is 28.8 Å². The number of nitrogens with two attached hydrogens (primary N) is 1. The number of nitrogens with one attached hydrogen (secondary N) is 1. The Morgan fingerprint density at radius 1 is 1.43 bits per heavy atom. The summed E-state index contributed by atoms with van der Waals surface area (Å²) >= 11 is 2.46. The van der Waals surface area contributed by atoms with Crippen molar-refractivity contribution < 1.29 is 33.4 Å². The number of aromatic nitrogens is 3. The average Bonchev–Trinajstić information content (AvgIpc) is 3.57. The van der Waals surface area contributed by atoms with E-state index < -0.39 is 29.2 Å². The second-order valence-electron chi connectivity index (χ2n) is 7.94. The molecule has 2 amide bonds. The number of pyridine rings is 1. The summed E-state index contributed by atoms with van der Waals surface area (Å²) in [5.74, 6) is -1.86. The number of anilines is 1. The highest BCUT2D eigenvalue weighted by Crippen LogP contribution is 2.40. The van der Waals surface area contributed by atoms with E-state index in [0.717, 1.165) is 21.8 Å². The Morgan fingerprint density at radius 2 is 2.27 bits per heavy atom. The Bertz CT molecular complexity index is 1430. The van der Waals surface area contributed by atoms with Crippen LogP contribution in [0.5, 0.6) is 0 Å². The molecule has 5 rings (SSSR count). The fourth-order valence-corrected chi connectivity index (χ4v) is 5.93. The number of β-lactam (4-membered cyclic amide) rings is 1. The molecule has 13 nitrogen and oxygen atoms in total. The quantitative estimate of drug-likeness (QED) is 0.157. The number of amides is 2. The number of carboxylic acid groups (broad SMARTS) is 1. The summed E-state index contributed by atoms with van der Waals surface area (Å²) in [6, 6.07) is 4.38. The van der Waals surface area contributed by atoms with Gasteiger partial charge in [-0.15, -0.1) is 23.1 Å². The molecule has 0 bridgehead atoms. The smallest absolute Gasteiger partial charge is 0.276 e. The van der Waals surface area contributed by atoms with Gasteiger partial charge < -0.3 is 30.3 Å². The zero-order valence-corrected chi connectivity index (χ0v) is 20.8. The van der Waals surface area contributed by atoms with Gasteiger partial charge in [0.15, 0.2) is 35.5 Å². The van der Waals surface area contributed by atoms with Crippen LogP contribution >= 0.6 is 23.1 Å². The molecule has 5 heterocycles. The maximum Gasteiger partial charge on any atom is 0.276 e. The highest BCUT2D eigenvalue weighted by molar-refractivity contribution is 8.00. The summed E-state index contributed by atoms with van der Waals surface area (Å²) in [4.78, 5) is 47.9. The van der Waals surface area contributed by atoms with E-state index >= 15 is 0 Å². The van der Waals surface area contributed by atoms with Crippen molar-refractivity contribution in [2.45, 2.75) is 18.0 Å². The predicted octanol–water partition coefficient (Wildman–Crippen LogP) is -0.878. The maximum absolute atomic E-state index is 13.0. The first kappa shape index (κ1) is 24.5. The molecule has 190 valence electrons. The van der Waals surface area contributed by atoms with E-state index in [1.807, 2.05) is 6.07 Å². The molecule has 0 unspecified atom stereocenters. The van der Waals surface area contributed by atoms with Crippen LogP contribution in [0.3, 0.4) is 0 Å². The molecule has 37 heavy (non-hydrogen) atoms. The lowest BCUT2D eigenvalue weighted by atomic mass is 10.0. The molecule has 2 aliphatic heterocycles. The Kier molecular flexibility index (Phi) is 6.62. The molecule has 0 spiro atoms. The molecule has 2 atom stereocenters. The zero-order chi connectivity index (χ0) is 26.1. The Labute approximate surface area is 217 Å². The lowest BCUT2D eigenvalue weighted by molar-refractivity contribution is -0.688. The fraction of sp³-hybridized carbons (Fsp3) is 0.227. The Morgan fingerprint density at radius 3 is 2.95 bits per heavy atom. The van der Waals surface area contributed by atoms with Crippen LogP contribution in [0.15, 0.2) is 63.1 Å². The van der Waals surface area contributed by atoms with Crippen molar-refractivity contribution in [3.63, 3.8) is 0 Å². The van der Waals surface area contributed by atoms with E-state index in [9.17, 15) is 19.5 Å². The molecule has 0 aliphatic carbocycles. The number of carbonyl (C=O) groups is 3. The minimum Gasteiger partial charge on any atom is -0.543 e. The maximum atomic E-state index is 13.0. The van der Waals surface area contributed by atoms with Crippen molar-refractivity contribution in [1.82, 2.24) is 20.4 Å². The van der Waals surface area contributed by atoms with Crippen molar-refractivity contribution in [3.05, 3.63) is 59.1 Å². The lowest BCUT2D eigenvalue weighted by Crippen LogP contribution is -2.71. The number of hydrogen-bond donors (Lipinski definition) is 2. The van der Waals surface area contributed by atoms with Crippen LogP contribution in [0.1, 0.15) is 5.69 Å². The first-order valence-corrected chi connectivity index (χ1v) is 12.7. The molecular weight excluding hydrogens is 522 g/mol. The van der Waals surface area contributed by atoms with Crippen LogP contribution < -0.4 is 20.7 Å². The number of fused-ring (bicyclic) bond motifs is 1. The van der Waals surface area contributed by atoms with Crippen molar-refractivity contribution in [3.8, 4) is 11.3 Å². The third kappa shape index (κ3) is 4.65. The highest BCUT2D eigenvalue weighted by atomic mass is 32.2. The Hall–Kier alpha value is -4.24. The van der Waals surface area contributed by atoms with Gasteiger partial charge in [0.2, 0.25) is 0 Å². The number of hydrogen-bond acceptors (Lipinski definition) is 12. The molecule has 3 aromatic rings. The molecule has 2 aliphatic rings. The van der Waals surface area contributed by atoms with Crippen LogP contribution in [-0.4, -0.2) is 62.8 Å². The molecule has 15 heteroatoms. The summed E-state index contributed by atoms with van der Waals surface area (Å²) in [5.41, 5.74) is 6.75. The molecular formula is C22H19N7O6S2. The molecule has 0 aromatic carbocycles. The molecule has 1 saturated heterocycles. The summed E-state index contributed by atoms with van der Waals surface area (Å²) in [5, 5.41) is 23.3. The molecule has 3 aromatic heterocycles. The van der Waals surface area contributed by atoms with Crippen LogP contribution in [0.2, 0.25) is 0 Å². The third-order valence-electron chi connectivity index (χ3n) is 5.64. The number of nitrogen functional groups attached to an aromatic ring is 1. The van der Waals surface area contributed by atoms with E-state index in [2.05, 4.69) is 20.6 Å². The van der Waals surface area contributed by atoms with Gasteiger partial charge in [-0.2, -0.15) is 0 Å². The van der Waals surface area contributed by atoms with E-state index in [0.29, 0.717) is 17.1 Å². The monoisotopic (exact) mass is 541 g/mol. The van der Waals surface area contributed by atoms with Crippen molar-refractivity contribution in [1.29, 1.82) is 0 Å². The average molecular weight is 542 g/mol. The van der Waals surface area contributed by atoms with Gasteiger partial charge in [-0.1, -0.05) is 10.3 Å². The summed E-state index contributed by atoms with van der Waals surface area (Å²) in [6.07, 6.45) is 5.10. The number of thiazole rings is 1. The second kappa shape index (κ2) is 10.0. The lowest BCUT2D eigenvalue weighted by Gasteiger charge is -2.50.